The van der Waals surface area contributed by atoms with Gasteiger partial charge in [0.25, 0.3) is 0 Å². The van der Waals surface area contributed by atoms with E-state index in [-0.39, 0.29) is 11.9 Å². The maximum absolute atomic E-state index is 14.6. The highest BCUT2D eigenvalue weighted by molar-refractivity contribution is 5.64. The highest BCUT2D eigenvalue weighted by Crippen LogP contribution is 2.29. The molecule has 1 aliphatic rings. The van der Waals surface area contributed by atoms with Crippen LogP contribution in [0.25, 0.3) is 11.1 Å². The van der Waals surface area contributed by atoms with E-state index in [1.165, 1.54) is 56.9 Å². The molecule has 0 spiro atoms. The summed E-state index contributed by atoms with van der Waals surface area (Å²) in [5.74, 6) is 0.972. The third-order valence-corrected chi connectivity index (χ3v) is 6.41. The Labute approximate surface area is 183 Å². The van der Waals surface area contributed by atoms with Crippen LogP contribution in [-0.2, 0) is 6.42 Å². The zero-order valence-corrected chi connectivity index (χ0v) is 18.8. The molecule has 0 N–H and O–H groups in total. The first-order chi connectivity index (χ1) is 14.7. The van der Waals surface area contributed by atoms with Gasteiger partial charge in [-0.05, 0) is 86.6 Å². The molecule has 2 aromatic rings. The zero-order chi connectivity index (χ0) is 21.2. The van der Waals surface area contributed by atoms with E-state index >= 15 is 0 Å². The molecule has 2 heteroatoms. The zero-order valence-electron chi connectivity index (χ0n) is 18.8. The fraction of sp³-hybridized carbons (Fsp3) is 0.536. The maximum atomic E-state index is 14.6. The highest BCUT2D eigenvalue weighted by atomic mass is 19.1. The molecule has 1 fully saturated rings. The van der Waals surface area contributed by atoms with Crippen LogP contribution in [0.3, 0.4) is 0 Å². The van der Waals surface area contributed by atoms with Crippen LogP contribution < -0.4 is 4.74 Å². The molecule has 1 radical (unpaired) electrons. The molecule has 1 aliphatic carbocycles. The minimum absolute atomic E-state index is 0.0449. The van der Waals surface area contributed by atoms with Crippen LogP contribution in [0.5, 0.6) is 5.75 Å². The van der Waals surface area contributed by atoms with E-state index in [0.717, 1.165) is 36.3 Å². The van der Waals surface area contributed by atoms with Crippen LogP contribution in [0.15, 0.2) is 42.5 Å². The number of halogens is 1. The average molecular weight is 410 g/mol. The van der Waals surface area contributed by atoms with E-state index < -0.39 is 0 Å². The SMILES string of the molecule is CCCCCC[C@@H](C)Oc1ccc(-c2ccc(CCC3CC[CH]CC3)cc2)cc1F. The molecule has 163 valence electrons. The summed E-state index contributed by atoms with van der Waals surface area (Å²) in [6.07, 6.45) is 16.0. The third-order valence-electron chi connectivity index (χ3n) is 6.41. The van der Waals surface area contributed by atoms with E-state index in [1.807, 2.05) is 13.0 Å². The smallest absolute Gasteiger partial charge is 0.165 e. The van der Waals surface area contributed by atoms with Gasteiger partial charge in [0.05, 0.1) is 6.10 Å². The van der Waals surface area contributed by atoms with Crippen molar-refractivity contribution in [3.05, 3.63) is 60.3 Å². The second-order valence-electron chi connectivity index (χ2n) is 8.97. The Kier molecular flexibility index (Phi) is 9.24. The van der Waals surface area contributed by atoms with Gasteiger partial charge in [-0.15, -0.1) is 0 Å². The number of rotatable bonds is 11. The molecular formula is C28H38FO. The Bertz CT molecular complexity index is 746. The molecule has 30 heavy (non-hydrogen) atoms. The molecule has 0 saturated heterocycles. The third kappa shape index (κ3) is 7.15. The molecule has 1 saturated carbocycles. The first-order valence-electron chi connectivity index (χ1n) is 12.0. The minimum atomic E-state index is -0.272. The number of hydrogen-bond donors (Lipinski definition) is 0. The van der Waals surface area contributed by atoms with Gasteiger partial charge in [-0.1, -0.05) is 69.4 Å². The molecule has 0 aliphatic heterocycles. The quantitative estimate of drug-likeness (QED) is 0.338. The van der Waals surface area contributed by atoms with Crippen molar-refractivity contribution in [1.82, 2.24) is 0 Å². The summed E-state index contributed by atoms with van der Waals surface area (Å²) in [5, 5.41) is 0. The van der Waals surface area contributed by atoms with Gasteiger partial charge in [-0.2, -0.15) is 0 Å². The van der Waals surface area contributed by atoms with Crippen LogP contribution in [0.4, 0.5) is 4.39 Å². The number of benzene rings is 2. The van der Waals surface area contributed by atoms with Crippen molar-refractivity contribution >= 4 is 0 Å². The summed E-state index contributed by atoms with van der Waals surface area (Å²) < 4.78 is 20.5. The average Bonchev–Trinajstić information content (AvgIpc) is 2.78. The second-order valence-corrected chi connectivity index (χ2v) is 8.97. The largest absolute Gasteiger partial charge is 0.488 e. The van der Waals surface area contributed by atoms with E-state index in [0.29, 0.717) is 5.75 Å². The summed E-state index contributed by atoms with van der Waals surface area (Å²) in [7, 11) is 0. The fourth-order valence-corrected chi connectivity index (χ4v) is 4.43. The Balaban J connectivity index is 1.52. The number of ether oxygens (including phenoxy) is 1. The Morgan fingerprint density at radius 2 is 1.70 bits per heavy atom. The first-order valence-corrected chi connectivity index (χ1v) is 12.0. The molecule has 3 rings (SSSR count). The van der Waals surface area contributed by atoms with E-state index in [1.54, 1.807) is 12.1 Å². The fourth-order valence-electron chi connectivity index (χ4n) is 4.43. The van der Waals surface area contributed by atoms with Gasteiger partial charge < -0.3 is 4.74 Å². The van der Waals surface area contributed by atoms with Crippen LogP contribution in [-0.4, -0.2) is 6.10 Å². The standard InChI is InChI=1S/C28H38FO/c1-3-4-5-7-10-22(2)30-28-20-19-26(21-27(28)29)25-17-15-24(16-18-25)14-13-23-11-8-6-9-12-23/h6,15-23H,3-5,7-14H2,1-2H3/t22-/m1/s1. The van der Waals surface area contributed by atoms with Gasteiger partial charge in [-0.25, -0.2) is 4.39 Å². The van der Waals surface area contributed by atoms with Gasteiger partial charge in [0.1, 0.15) is 0 Å². The number of aryl methyl sites for hydroxylation is 1. The molecule has 2 aromatic carbocycles. The van der Waals surface area contributed by atoms with Crippen molar-refractivity contribution < 1.29 is 9.13 Å². The summed E-state index contributed by atoms with van der Waals surface area (Å²) in [5.41, 5.74) is 3.35. The lowest BCUT2D eigenvalue weighted by Crippen LogP contribution is -2.12. The highest BCUT2D eigenvalue weighted by Gasteiger charge is 2.14. The Hall–Kier alpha value is -1.83. The van der Waals surface area contributed by atoms with Crippen molar-refractivity contribution in [3.8, 4) is 16.9 Å². The summed E-state index contributed by atoms with van der Waals surface area (Å²) in [4.78, 5) is 0. The molecule has 0 amide bonds. The lowest BCUT2D eigenvalue weighted by molar-refractivity contribution is 0.197. The van der Waals surface area contributed by atoms with Crippen molar-refractivity contribution in [1.29, 1.82) is 0 Å². The van der Waals surface area contributed by atoms with Crippen LogP contribution >= 0.6 is 0 Å². The van der Waals surface area contributed by atoms with Crippen molar-refractivity contribution in [3.63, 3.8) is 0 Å². The number of hydrogen-bond acceptors (Lipinski definition) is 1. The minimum Gasteiger partial charge on any atom is -0.488 e. The van der Waals surface area contributed by atoms with Crippen molar-refractivity contribution in [2.75, 3.05) is 0 Å². The van der Waals surface area contributed by atoms with Crippen LogP contribution in [0, 0.1) is 18.2 Å². The van der Waals surface area contributed by atoms with Crippen LogP contribution in [0.1, 0.15) is 83.6 Å². The summed E-state index contributed by atoms with van der Waals surface area (Å²) in [6, 6.07) is 14.0. The molecule has 0 aromatic heterocycles. The van der Waals surface area contributed by atoms with E-state index in [9.17, 15) is 4.39 Å². The molecule has 0 bridgehead atoms. The van der Waals surface area contributed by atoms with E-state index in [2.05, 4.69) is 37.6 Å². The first kappa shape index (κ1) is 22.8. The van der Waals surface area contributed by atoms with Gasteiger partial charge in [-0.3, -0.25) is 0 Å². The van der Waals surface area contributed by atoms with Crippen molar-refractivity contribution in [2.24, 2.45) is 5.92 Å². The lowest BCUT2D eigenvalue weighted by atomic mass is 9.85. The lowest BCUT2D eigenvalue weighted by Gasteiger charge is -2.21. The monoisotopic (exact) mass is 409 g/mol. The molecular weight excluding hydrogens is 371 g/mol. The normalized spacial score (nSPS) is 15.8. The molecule has 0 heterocycles. The molecule has 1 nitrogen and oxygen atoms in total. The van der Waals surface area contributed by atoms with Gasteiger partial charge in [0.2, 0.25) is 0 Å². The summed E-state index contributed by atoms with van der Waals surface area (Å²) >= 11 is 0. The topological polar surface area (TPSA) is 9.23 Å². The predicted octanol–water partition coefficient (Wildman–Crippen LogP) is 8.56. The number of unbranched alkanes of at least 4 members (excludes halogenated alkanes) is 3. The second kappa shape index (κ2) is 12.1. The van der Waals surface area contributed by atoms with Gasteiger partial charge in [0.15, 0.2) is 11.6 Å². The predicted molar refractivity (Wildman–Crippen MR) is 125 cm³/mol. The van der Waals surface area contributed by atoms with Crippen LogP contribution in [0.2, 0.25) is 0 Å². The Morgan fingerprint density at radius 3 is 2.40 bits per heavy atom. The van der Waals surface area contributed by atoms with Crippen molar-refractivity contribution in [2.45, 2.75) is 90.6 Å². The van der Waals surface area contributed by atoms with Gasteiger partial charge in [0, 0.05) is 0 Å². The Morgan fingerprint density at radius 1 is 0.967 bits per heavy atom. The molecule has 1 atom stereocenters. The van der Waals surface area contributed by atoms with E-state index in [4.69, 9.17) is 4.74 Å². The molecule has 0 unspecified atom stereocenters. The maximum Gasteiger partial charge on any atom is 0.165 e. The summed E-state index contributed by atoms with van der Waals surface area (Å²) in [6.45, 7) is 4.24. The van der Waals surface area contributed by atoms with Gasteiger partial charge >= 0.3 is 0 Å².